The number of hydrogen-bond donors (Lipinski definition) is 1. The first-order valence-electron chi connectivity index (χ1n) is 5.92. The normalized spacial score (nSPS) is 13.0. The van der Waals surface area contributed by atoms with Gasteiger partial charge in [-0.3, -0.25) is 4.68 Å². The van der Waals surface area contributed by atoms with Gasteiger partial charge in [0.15, 0.2) is 0 Å². The molecule has 3 nitrogen and oxygen atoms in total. The van der Waals surface area contributed by atoms with Crippen molar-refractivity contribution in [2.24, 2.45) is 5.92 Å². The molecule has 1 aromatic rings. The van der Waals surface area contributed by atoms with Crippen molar-refractivity contribution in [2.75, 3.05) is 13.1 Å². The number of nitrogens with zero attached hydrogens (tertiary/aromatic N) is 2. The summed E-state index contributed by atoms with van der Waals surface area (Å²) >= 11 is 0. The molecule has 1 heterocycles. The van der Waals surface area contributed by atoms with Gasteiger partial charge < -0.3 is 5.32 Å². The average Bonchev–Trinajstić information content (AvgIpc) is 2.60. The molecule has 1 atom stereocenters. The summed E-state index contributed by atoms with van der Waals surface area (Å²) in [5.41, 5.74) is 1.23. The zero-order chi connectivity index (χ0) is 11.1. The molecule has 1 rings (SSSR count). The van der Waals surface area contributed by atoms with E-state index in [0.29, 0.717) is 0 Å². The van der Waals surface area contributed by atoms with Crippen LogP contribution in [0.15, 0.2) is 12.4 Å². The molecule has 15 heavy (non-hydrogen) atoms. The molecule has 0 aliphatic carbocycles. The minimum absolute atomic E-state index is 0.786. The van der Waals surface area contributed by atoms with Crippen LogP contribution in [-0.2, 0) is 6.54 Å². The van der Waals surface area contributed by atoms with Gasteiger partial charge in [-0.05, 0) is 31.4 Å². The second-order valence-electron chi connectivity index (χ2n) is 4.38. The third-order valence-corrected chi connectivity index (χ3v) is 2.55. The lowest BCUT2D eigenvalue weighted by molar-refractivity contribution is 0.458. The molecule has 0 amide bonds. The Bertz CT molecular complexity index is 268. The summed E-state index contributed by atoms with van der Waals surface area (Å²) in [6, 6.07) is 0. The summed E-state index contributed by atoms with van der Waals surface area (Å²) in [5, 5.41) is 7.71. The number of hydrogen-bond acceptors (Lipinski definition) is 2. The van der Waals surface area contributed by atoms with Gasteiger partial charge in [0.1, 0.15) is 0 Å². The van der Waals surface area contributed by atoms with Crippen molar-refractivity contribution in [2.45, 2.75) is 40.2 Å². The van der Waals surface area contributed by atoms with Gasteiger partial charge in [0, 0.05) is 12.7 Å². The van der Waals surface area contributed by atoms with Gasteiger partial charge in [0.25, 0.3) is 0 Å². The van der Waals surface area contributed by atoms with Crippen LogP contribution in [0.5, 0.6) is 0 Å². The molecule has 0 aromatic carbocycles. The quantitative estimate of drug-likeness (QED) is 0.698. The Morgan fingerprint density at radius 3 is 2.93 bits per heavy atom. The Kier molecular flexibility index (Phi) is 5.40. The van der Waals surface area contributed by atoms with Crippen LogP contribution < -0.4 is 5.32 Å². The fraction of sp³-hybridized carbons (Fsp3) is 0.750. The van der Waals surface area contributed by atoms with Crippen LogP contribution in [-0.4, -0.2) is 22.9 Å². The topological polar surface area (TPSA) is 29.9 Å². The minimum Gasteiger partial charge on any atom is -0.315 e. The summed E-state index contributed by atoms with van der Waals surface area (Å²) in [6.45, 7) is 9.70. The van der Waals surface area contributed by atoms with Gasteiger partial charge in [-0.15, -0.1) is 0 Å². The molecule has 0 radical (unpaired) electrons. The fourth-order valence-electron chi connectivity index (χ4n) is 1.73. The molecule has 1 N–H and O–H groups in total. The molecular formula is C12H23N3. The lowest BCUT2D eigenvalue weighted by Crippen LogP contribution is -2.25. The Hall–Kier alpha value is -0.830. The van der Waals surface area contributed by atoms with Gasteiger partial charge in [0.2, 0.25) is 0 Å². The number of rotatable bonds is 7. The first kappa shape index (κ1) is 12.2. The fourth-order valence-corrected chi connectivity index (χ4v) is 1.73. The van der Waals surface area contributed by atoms with Crippen LogP contribution in [0.1, 0.15) is 32.3 Å². The van der Waals surface area contributed by atoms with Crippen LogP contribution in [0.4, 0.5) is 0 Å². The Labute approximate surface area is 92.9 Å². The number of aryl methyl sites for hydroxylation is 1. The molecule has 0 bridgehead atoms. The van der Waals surface area contributed by atoms with Crippen LogP contribution in [0.25, 0.3) is 0 Å². The molecule has 0 aliphatic rings. The Morgan fingerprint density at radius 1 is 1.53 bits per heavy atom. The van der Waals surface area contributed by atoms with E-state index in [2.05, 4.69) is 37.4 Å². The van der Waals surface area contributed by atoms with Gasteiger partial charge >= 0.3 is 0 Å². The van der Waals surface area contributed by atoms with Gasteiger partial charge in [-0.25, -0.2) is 0 Å². The molecule has 0 spiro atoms. The molecule has 86 valence electrons. The lowest BCUT2D eigenvalue weighted by Gasteiger charge is -2.11. The second-order valence-corrected chi connectivity index (χ2v) is 4.38. The van der Waals surface area contributed by atoms with Crippen molar-refractivity contribution in [3.05, 3.63) is 18.0 Å². The van der Waals surface area contributed by atoms with Crippen molar-refractivity contribution in [1.29, 1.82) is 0 Å². The summed E-state index contributed by atoms with van der Waals surface area (Å²) in [5.74, 6) is 0.786. The van der Waals surface area contributed by atoms with Crippen LogP contribution in [0.3, 0.4) is 0 Å². The van der Waals surface area contributed by atoms with E-state index < -0.39 is 0 Å². The predicted octanol–water partition coefficient (Wildman–Crippen LogP) is 2.22. The highest BCUT2D eigenvalue weighted by molar-refractivity contribution is 4.99. The highest BCUT2D eigenvalue weighted by atomic mass is 15.3. The Balaban J connectivity index is 2.06. The molecule has 0 saturated heterocycles. The van der Waals surface area contributed by atoms with E-state index in [9.17, 15) is 0 Å². The maximum atomic E-state index is 4.25. The summed E-state index contributed by atoms with van der Waals surface area (Å²) in [6.07, 6.45) is 6.58. The lowest BCUT2D eigenvalue weighted by atomic mass is 10.1. The van der Waals surface area contributed by atoms with E-state index in [0.717, 1.165) is 25.6 Å². The molecule has 1 aromatic heterocycles. The molecule has 0 fully saturated rings. The summed E-state index contributed by atoms with van der Waals surface area (Å²) < 4.78 is 1.99. The average molecular weight is 209 g/mol. The van der Waals surface area contributed by atoms with E-state index in [1.807, 2.05) is 10.9 Å². The van der Waals surface area contributed by atoms with Crippen molar-refractivity contribution >= 4 is 0 Å². The van der Waals surface area contributed by atoms with Crippen LogP contribution in [0, 0.1) is 12.8 Å². The van der Waals surface area contributed by atoms with Crippen LogP contribution in [0.2, 0.25) is 0 Å². The van der Waals surface area contributed by atoms with E-state index >= 15 is 0 Å². The second kappa shape index (κ2) is 6.62. The van der Waals surface area contributed by atoms with E-state index in [1.54, 1.807) is 0 Å². The smallest absolute Gasteiger partial charge is 0.0534 e. The number of nitrogens with one attached hydrogen (secondary N) is 1. The molecule has 0 saturated carbocycles. The van der Waals surface area contributed by atoms with Crippen molar-refractivity contribution < 1.29 is 0 Å². The van der Waals surface area contributed by atoms with Crippen molar-refractivity contribution in [1.82, 2.24) is 15.1 Å². The minimum atomic E-state index is 0.786. The van der Waals surface area contributed by atoms with Crippen molar-refractivity contribution in [3.63, 3.8) is 0 Å². The first-order chi connectivity index (χ1) is 7.22. The monoisotopic (exact) mass is 209 g/mol. The summed E-state index contributed by atoms with van der Waals surface area (Å²) in [7, 11) is 0. The zero-order valence-corrected chi connectivity index (χ0v) is 10.2. The molecule has 0 aliphatic heterocycles. The highest BCUT2D eigenvalue weighted by Crippen LogP contribution is 2.02. The van der Waals surface area contributed by atoms with E-state index in [4.69, 9.17) is 0 Å². The Morgan fingerprint density at radius 2 is 2.33 bits per heavy atom. The van der Waals surface area contributed by atoms with Crippen molar-refractivity contribution in [3.8, 4) is 0 Å². The van der Waals surface area contributed by atoms with Gasteiger partial charge in [-0.2, -0.15) is 5.10 Å². The third-order valence-electron chi connectivity index (χ3n) is 2.55. The maximum absolute atomic E-state index is 4.25. The van der Waals surface area contributed by atoms with Gasteiger partial charge in [-0.1, -0.05) is 20.3 Å². The summed E-state index contributed by atoms with van der Waals surface area (Å²) in [4.78, 5) is 0. The first-order valence-corrected chi connectivity index (χ1v) is 5.92. The molecular weight excluding hydrogens is 186 g/mol. The van der Waals surface area contributed by atoms with Gasteiger partial charge in [0.05, 0.1) is 12.7 Å². The highest BCUT2D eigenvalue weighted by Gasteiger charge is 1.99. The van der Waals surface area contributed by atoms with E-state index in [1.165, 1.54) is 18.4 Å². The largest absolute Gasteiger partial charge is 0.315 e. The van der Waals surface area contributed by atoms with E-state index in [-0.39, 0.29) is 0 Å². The third kappa shape index (κ3) is 4.98. The number of aromatic nitrogens is 2. The SMILES string of the molecule is CCCC(C)CNCCn1cc(C)cn1. The molecule has 3 heteroatoms. The standard InChI is InChI=1S/C12H23N3/c1-4-5-11(2)8-13-6-7-15-10-12(3)9-14-15/h9-11,13H,4-8H2,1-3H3. The molecule has 1 unspecified atom stereocenters. The zero-order valence-electron chi connectivity index (χ0n) is 10.2. The van der Waals surface area contributed by atoms with Crippen LogP contribution >= 0.6 is 0 Å². The predicted molar refractivity (Wildman–Crippen MR) is 63.9 cm³/mol. The maximum Gasteiger partial charge on any atom is 0.0534 e.